The molecule has 0 fully saturated rings. The highest BCUT2D eigenvalue weighted by atomic mass is 32.1. The number of nitrogens with one attached hydrogen (secondary N) is 1. The summed E-state index contributed by atoms with van der Waals surface area (Å²) in [5.41, 5.74) is 3.82. The Morgan fingerprint density at radius 2 is 1.69 bits per heavy atom. The monoisotopic (exact) mass is 371 g/mol. The highest BCUT2D eigenvalue weighted by Gasteiger charge is 2.21. The number of hydrogen-bond acceptors (Lipinski definition) is 5. The molecule has 0 aliphatic carbocycles. The Morgan fingerprint density at radius 1 is 1.04 bits per heavy atom. The standard InChI is InChI=1S/C20H25N3O2S/c1-5-24-15-11-12-16(25-6-2)18-17(15)21-20(22-18)19(26)13-9-7-8-10-14(13)23(3)4/h7-12,19,26H,5-6H2,1-4H3,(H,21,22). The van der Waals surface area contributed by atoms with Crippen molar-refractivity contribution in [2.24, 2.45) is 0 Å². The molecular formula is C20H25N3O2S. The first-order valence-corrected chi connectivity index (χ1v) is 9.31. The van der Waals surface area contributed by atoms with Gasteiger partial charge in [-0.05, 0) is 37.6 Å². The van der Waals surface area contributed by atoms with Crippen LogP contribution in [0.25, 0.3) is 11.0 Å². The SMILES string of the molecule is CCOc1ccc(OCC)c2[nH]c(C(S)c3ccccc3N(C)C)nc12. The van der Waals surface area contributed by atoms with E-state index in [2.05, 4.69) is 22.0 Å². The molecule has 0 saturated heterocycles. The summed E-state index contributed by atoms with van der Waals surface area (Å²) in [6.45, 7) is 5.10. The molecule has 3 rings (SSSR count). The summed E-state index contributed by atoms with van der Waals surface area (Å²) in [5, 5.41) is -0.190. The van der Waals surface area contributed by atoms with Gasteiger partial charge >= 0.3 is 0 Å². The van der Waals surface area contributed by atoms with Crippen molar-refractivity contribution in [3.05, 3.63) is 47.8 Å². The van der Waals surface area contributed by atoms with Gasteiger partial charge in [0.2, 0.25) is 0 Å². The van der Waals surface area contributed by atoms with E-state index in [9.17, 15) is 0 Å². The van der Waals surface area contributed by atoms with Crippen molar-refractivity contribution >= 4 is 29.3 Å². The summed E-state index contributed by atoms with van der Waals surface area (Å²) in [7, 11) is 4.05. The van der Waals surface area contributed by atoms with Crippen molar-refractivity contribution in [1.82, 2.24) is 9.97 Å². The number of thiol groups is 1. The molecule has 5 nitrogen and oxygen atoms in total. The lowest BCUT2D eigenvalue weighted by molar-refractivity contribution is 0.336. The highest BCUT2D eigenvalue weighted by molar-refractivity contribution is 7.80. The number of aromatic nitrogens is 2. The third-order valence-electron chi connectivity index (χ3n) is 4.16. The molecule has 26 heavy (non-hydrogen) atoms. The van der Waals surface area contributed by atoms with E-state index in [-0.39, 0.29) is 5.25 Å². The minimum atomic E-state index is -0.190. The molecule has 1 unspecified atom stereocenters. The average molecular weight is 372 g/mol. The smallest absolute Gasteiger partial charge is 0.147 e. The van der Waals surface area contributed by atoms with Crippen molar-refractivity contribution in [1.29, 1.82) is 0 Å². The van der Waals surface area contributed by atoms with E-state index in [1.165, 1.54) is 0 Å². The second kappa shape index (κ2) is 7.91. The third kappa shape index (κ3) is 3.46. The molecule has 0 amide bonds. The number of nitrogens with zero attached hydrogens (tertiary/aromatic N) is 2. The van der Waals surface area contributed by atoms with Gasteiger partial charge in [0.25, 0.3) is 0 Å². The lowest BCUT2D eigenvalue weighted by atomic mass is 10.1. The van der Waals surface area contributed by atoms with Crippen LogP contribution >= 0.6 is 12.6 Å². The Labute approximate surface area is 159 Å². The summed E-state index contributed by atoms with van der Waals surface area (Å²) >= 11 is 4.85. The van der Waals surface area contributed by atoms with Gasteiger partial charge in [0.1, 0.15) is 28.4 Å². The van der Waals surface area contributed by atoms with Crippen molar-refractivity contribution in [2.75, 3.05) is 32.2 Å². The molecule has 6 heteroatoms. The van der Waals surface area contributed by atoms with Crippen LogP contribution < -0.4 is 14.4 Å². The lowest BCUT2D eigenvalue weighted by Crippen LogP contribution is -2.12. The largest absolute Gasteiger partial charge is 0.492 e. The second-order valence-corrected chi connectivity index (χ2v) is 6.65. The van der Waals surface area contributed by atoms with Crippen molar-refractivity contribution < 1.29 is 9.47 Å². The van der Waals surface area contributed by atoms with Gasteiger partial charge in [-0.3, -0.25) is 0 Å². The second-order valence-electron chi connectivity index (χ2n) is 6.13. The number of hydrogen-bond donors (Lipinski definition) is 2. The van der Waals surface area contributed by atoms with Gasteiger partial charge in [-0.1, -0.05) is 18.2 Å². The minimum absolute atomic E-state index is 0.190. The average Bonchev–Trinajstić information content (AvgIpc) is 3.09. The first-order chi connectivity index (χ1) is 12.6. The summed E-state index contributed by atoms with van der Waals surface area (Å²) < 4.78 is 11.5. The maximum Gasteiger partial charge on any atom is 0.147 e. The zero-order valence-electron chi connectivity index (χ0n) is 15.6. The van der Waals surface area contributed by atoms with Crippen LogP contribution in [0.15, 0.2) is 36.4 Å². The summed E-state index contributed by atoms with van der Waals surface area (Å²) in [4.78, 5) is 10.3. The quantitative estimate of drug-likeness (QED) is 0.603. The Bertz CT molecular complexity index is 849. The van der Waals surface area contributed by atoms with E-state index in [0.717, 1.165) is 39.6 Å². The number of ether oxygens (including phenoxy) is 2. The van der Waals surface area contributed by atoms with Crippen LogP contribution in [-0.2, 0) is 0 Å². The normalized spacial score (nSPS) is 12.2. The van der Waals surface area contributed by atoms with Gasteiger partial charge in [0, 0.05) is 19.8 Å². The number of anilines is 1. The van der Waals surface area contributed by atoms with Gasteiger partial charge < -0.3 is 19.4 Å². The molecular weight excluding hydrogens is 346 g/mol. The van der Waals surface area contributed by atoms with Crippen LogP contribution in [0.4, 0.5) is 5.69 Å². The fraction of sp³-hybridized carbons (Fsp3) is 0.350. The zero-order chi connectivity index (χ0) is 18.7. The van der Waals surface area contributed by atoms with Gasteiger partial charge in [0.15, 0.2) is 0 Å². The van der Waals surface area contributed by atoms with Crippen molar-refractivity contribution in [3.63, 3.8) is 0 Å². The number of aromatic amines is 1. The van der Waals surface area contributed by atoms with Crippen molar-refractivity contribution in [3.8, 4) is 11.5 Å². The molecule has 138 valence electrons. The summed E-state index contributed by atoms with van der Waals surface area (Å²) in [6, 6.07) is 12.0. The molecule has 0 aliphatic rings. The van der Waals surface area contributed by atoms with Gasteiger partial charge in [-0.15, -0.1) is 0 Å². The Balaban J connectivity index is 2.11. The molecule has 3 aromatic rings. The summed E-state index contributed by atoms with van der Waals surface area (Å²) in [5.74, 6) is 2.28. The van der Waals surface area contributed by atoms with Crippen LogP contribution in [0, 0.1) is 0 Å². The maximum absolute atomic E-state index is 5.75. The first-order valence-electron chi connectivity index (χ1n) is 8.79. The molecule has 1 heterocycles. The number of fused-ring (bicyclic) bond motifs is 1. The van der Waals surface area contributed by atoms with Crippen LogP contribution in [0.1, 0.15) is 30.5 Å². The minimum Gasteiger partial charge on any atom is -0.492 e. The number of H-pyrrole nitrogens is 1. The van der Waals surface area contributed by atoms with Gasteiger partial charge in [-0.2, -0.15) is 12.6 Å². The molecule has 1 aromatic heterocycles. The van der Waals surface area contributed by atoms with Gasteiger partial charge in [-0.25, -0.2) is 4.98 Å². The summed E-state index contributed by atoms with van der Waals surface area (Å²) in [6.07, 6.45) is 0. The molecule has 1 N–H and O–H groups in total. The van der Waals surface area contributed by atoms with E-state index >= 15 is 0 Å². The third-order valence-corrected chi connectivity index (χ3v) is 4.68. The van der Waals surface area contributed by atoms with E-state index < -0.39 is 0 Å². The molecule has 0 spiro atoms. The predicted molar refractivity (Wildman–Crippen MR) is 110 cm³/mol. The predicted octanol–water partition coefficient (Wildman–Crippen LogP) is 4.45. The zero-order valence-corrected chi connectivity index (χ0v) is 16.5. The lowest BCUT2D eigenvalue weighted by Gasteiger charge is -2.20. The molecule has 1 atom stereocenters. The molecule has 0 aliphatic heterocycles. The Morgan fingerprint density at radius 3 is 2.38 bits per heavy atom. The van der Waals surface area contributed by atoms with Crippen LogP contribution in [0.3, 0.4) is 0 Å². The fourth-order valence-corrected chi connectivity index (χ4v) is 3.35. The van der Waals surface area contributed by atoms with Crippen molar-refractivity contribution in [2.45, 2.75) is 19.1 Å². The maximum atomic E-state index is 5.75. The topological polar surface area (TPSA) is 50.4 Å². The fourth-order valence-electron chi connectivity index (χ4n) is 3.01. The van der Waals surface area contributed by atoms with Crippen LogP contribution in [0.2, 0.25) is 0 Å². The van der Waals surface area contributed by atoms with E-state index in [1.807, 2.05) is 52.2 Å². The molecule has 0 bridgehead atoms. The van der Waals surface area contributed by atoms with E-state index in [1.54, 1.807) is 0 Å². The van der Waals surface area contributed by atoms with Crippen LogP contribution in [0.5, 0.6) is 11.5 Å². The highest BCUT2D eigenvalue weighted by Crippen LogP contribution is 2.37. The molecule has 2 aromatic carbocycles. The number of imidazole rings is 1. The Hall–Kier alpha value is -2.34. The molecule has 0 radical (unpaired) electrons. The van der Waals surface area contributed by atoms with E-state index in [0.29, 0.717) is 13.2 Å². The number of para-hydroxylation sites is 1. The Kier molecular flexibility index (Phi) is 5.61. The van der Waals surface area contributed by atoms with Crippen LogP contribution in [-0.4, -0.2) is 37.3 Å². The molecule has 0 saturated carbocycles. The van der Waals surface area contributed by atoms with Gasteiger partial charge in [0.05, 0.1) is 18.5 Å². The number of rotatable bonds is 7. The first kappa shape index (κ1) is 18.5. The van der Waals surface area contributed by atoms with E-state index in [4.69, 9.17) is 27.1 Å². The number of benzene rings is 2.